The summed E-state index contributed by atoms with van der Waals surface area (Å²) in [6, 6.07) is 0. The molecule has 48 valence electrons. The van der Waals surface area contributed by atoms with Crippen LogP contribution in [0.1, 0.15) is 13.3 Å². The standard InChI is InChI=1S/C6H12OS/c1-5(8-2)3-6-4-7-6/h5-6H,3-4H2,1-2H3. The van der Waals surface area contributed by atoms with Gasteiger partial charge in [-0.15, -0.1) is 0 Å². The van der Waals surface area contributed by atoms with Crippen molar-refractivity contribution >= 4 is 11.8 Å². The molecule has 0 amide bonds. The van der Waals surface area contributed by atoms with Gasteiger partial charge in [-0.2, -0.15) is 11.8 Å². The van der Waals surface area contributed by atoms with E-state index >= 15 is 0 Å². The Balaban J connectivity index is 1.98. The van der Waals surface area contributed by atoms with Crippen LogP contribution in [-0.2, 0) is 4.74 Å². The van der Waals surface area contributed by atoms with Crippen molar-refractivity contribution < 1.29 is 4.74 Å². The van der Waals surface area contributed by atoms with Crippen LogP contribution < -0.4 is 0 Å². The molecule has 1 heterocycles. The van der Waals surface area contributed by atoms with Gasteiger partial charge >= 0.3 is 0 Å². The molecule has 0 saturated carbocycles. The number of hydrogen-bond acceptors (Lipinski definition) is 2. The van der Waals surface area contributed by atoms with E-state index in [2.05, 4.69) is 13.2 Å². The number of rotatable bonds is 3. The van der Waals surface area contributed by atoms with Gasteiger partial charge in [-0.3, -0.25) is 0 Å². The molecule has 1 fully saturated rings. The molecule has 0 aromatic carbocycles. The zero-order valence-electron chi connectivity index (χ0n) is 5.39. The molecule has 0 bridgehead atoms. The summed E-state index contributed by atoms with van der Waals surface area (Å²) in [7, 11) is 0. The highest BCUT2D eigenvalue weighted by molar-refractivity contribution is 7.99. The molecular weight excluding hydrogens is 120 g/mol. The van der Waals surface area contributed by atoms with Crippen molar-refractivity contribution in [3.05, 3.63) is 0 Å². The summed E-state index contributed by atoms with van der Waals surface area (Å²) in [5.41, 5.74) is 0. The summed E-state index contributed by atoms with van der Waals surface area (Å²) in [5, 5.41) is 0.780. The highest BCUT2D eigenvalue weighted by atomic mass is 32.2. The maximum atomic E-state index is 5.07. The van der Waals surface area contributed by atoms with Crippen LogP contribution in [-0.4, -0.2) is 24.2 Å². The van der Waals surface area contributed by atoms with Crippen molar-refractivity contribution in [1.29, 1.82) is 0 Å². The van der Waals surface area contributed by atoms with Gasteiger partial charge in [0.2, 0.25) is 0 Å². The van der Waals surface area contributed by atoms with Crippen LogP contribution in [0.4, 0.5) is 0 Å². The van der Waals surface area contributed by atoms with Gasteiger partial charge in [-0.25, -0.2) is 0 Å². The maximum absolute atomic E-state index is 5.07. The molecule has 0 spiro atoms. The molecule has 8 heavy (non-hydrogen) atoms. The fourth-order valence-corrected chi connectivity index (χ4v) is 1.08. The normalized spacial score (nSPS) is 30.0. The molecule has 0 aliphatic carbocycles. The van der Waals surface area contributed by atoms with E-state index in [9.17, 15) is 0 Å². The van der Waals surface area contributed by atoms with Gasteiger partial charge in [0.1, 0.15) is 0 Å². The number of ether oxygens (including phenoxy) is 1. The molecule has 2 unspecified atom stereocenters. The highest BCUT2D eigenvalue weighted by Gasteiger charge is 2.23. The monoisotopic (exact) mass is 132 g/mol. The first-order chi connectivity index (χ1) is 3.83. The lowest BCUT2D eigenvalue weighted by Crippen LogP contribution is -1.99. The smallest absolute Gasteiger partial charge is 0.0820 e. The van der Waals surface area contributed by atoms with Gasteiger partial charge in [0.15, 0.2) is 0 Å². The zero-order chi connectivity index (χ0) is 5.98. The zero-order valence-corrected chi connectivity index (χ0v) is 6.20. The highest BCUT2D eigenvalue weighted by Crippen LogP contribution is 2.21. The Hall–Kier alpha value is 0.310. The molecule has 2 atom stereocenters. The first-order valence-electron chi connectivity index (χ1n) is 2.97. The predicted octanol–water partition coefficient (Wildman–Crippen LogP) is 1.53. The molecule has 1 aliphatic rings. The minimum absolute atomic E-state index is 0.609. The SMILES string of the molecule is CSC(C)CC1CO1. The summed E-state index contributed by atoms with van der Waals surface area (Å²) < 4.78 is 5.07. The molecule has 2 heteroatoms. The molecule has 1 saturated heterocycles. The predicted molar refractivity (Wildman–Crippen MR) is 37.3 cm³/mol. The minimum Gasteiger partial charge on any atom is -0.373 e. The Morgan fingerprint density at radius 1 is 1.88 bits per heavy atom. The molecule has 0 aromatic heterocycles. The summed E-state index contributed by atoms with van der Waals surface area (Å²) in [6.07, 6.45) is 3.99. The Morgan fingerprint density at radius 2 is 2.50 bits per heavy atom. The molecule has 0 N–H and O–H groups in total. The van der Waals surface area contributed by atoms with E-state index in [1.165, 1.54) is 6.42 Å². The third kappa shape index (κ3) is 2.05. The molecule has 1 aliphatic heterocycles. The minimum atomic E-state index is 0.609. The van der Waals surface area contributed by atoms with Crippen LogP contribution >= 0.6 is 11.8 Å². The second kappa shape index (κ2) is 2.74. The lowest BCUT2D eigenvalue weighted by molar-refractivity contribution is 0.397. The summed E-state index contributed by atoms with van der Waals surface area (Å²) >= 11 is 1.91. The Bertz CT molecular complexity index is 70.9. The van der Waals surface area contributed by atoms with Crippen molar-refractivity contribution in [2.45, 2.75) is 24.7 Å². The summed E-state index contributed by atoms with van der Waals surface area (Å²) in [5.74, 6) is 0. The largest absolute Gasteiger partial charge is 0.373 e. The lowest BCUT2D eigenvalue weighted by atomic mass is 10.3. The lowest BCUT2D eigenvalue weighted by Gasteiger charge is -2.02. The van der Waals surface area contributed by atoms with Crippen LogP contribution in [0.2, 0.25) is 0 Å². The van der Waals surface area contributed by atoms with Crippen molar-refractivity contribution in [1.82, 2.24) is 0 Å². The van der Waals surface area contributed by atoms with Crippen molar-refractivity contribution in [2.75, 3.05) is 12.9 Å². The number of hydrogen-bond donors (Lipinski definition) is 0. The van der Waals surface area contributed by atoms with E-state index in [-0.39, 0.29) is 0 Å². The van der Waals surface area contributed by atoms with Crippen molar-refractivity contribution in [3.63, 3.8) is 0 Å². The Morgan fingerprint density at radius 3 is 2.88 bits per heavy atom. The summed E-state index contributed by atoms with van der Waals surface area (Å²) in [4.78, 5) is 0. The first-order valence-corrected chi connectivity index (χ1v) is 4.26. The van der Waals surface area contributed by atoms with Crippen LogP contribution in [0, 0.1) is 0 Å². The average molecular weight is 132 g/mol. The molecule has 1 rings (SSSR count). The topological polar surface area (TPSA) is 12.5 Å². The molecule has 1 nitrogen and oxygen atoms in total. The van der Waals surface area contributed by atoms with Gasteiger partial charge in [0, 0.05) is 5.25 Å². The van der Waals surface area contributed by atoms with Gasteiger partial charge in [-0.05, 0) is 12.7 Å². The number of thioether (sulfide) groups is 1. The van der Waals surface area contributed by atoms with Gasteiger partial charge < -0.3 is 4.74 Å². The second-order valence-corrected chi connectivity index (χ2v) is 3.51. The summed E-state index contributed by atoms with van der Waals surface area (Å²) in [6.45, 7) is 3.25. The van der Waals surface area contributed by atoms with E-state index in [1.54, 1.807) is 0 Å². The number of epoxide rings is 1. The third-order valence-corrected chi connectivity index (χ3v) is 2.40. The fraction of sp³-hybridized carbons (Fsp3) is 1.00. The first kappa shape index (κ1) is 6.43. The third-order valence-electron chi connectivity index (χ3n) is 1.40. The van der Waals surface area contributed by atoms with Crippen LogP contribution in [0.3, 0.4) is 0 Å². The molecular formula is C6H12OS. The molecule has 0 aromatic rings. The van der Waals surface area contributed by atoms with Crippen LogP contribution in [0.5, 0.6) is 0 Å². The van der Waals surface area contributed by atoms with Gasteiger partial charge in [0.05, 0.1) is 12.7 Å². The van der Waals surface area contributed by atoms with Crippen molar-refractivity contribution in [2.24, 2.45) is 0 Å². The molecule has 0 radical (unpaired) electrons. The van der Waals surface area contributed by atoms with Gasteiger partial charge in [-0.1, -0.05) is 6.92 Å². The average Bonchev–Trinajstić information content (AvgIpc) is 2.50. The quantitative estimate of drug-likeness (QED) is 0.540. The van der Waals surface area contributed by atoms with E-state index in [0.717, 1.165) is 11.9 Å². The van der Waals surface area contributed by atoms with Gasteiger partial charge in [0.25, 0.3) is 0 Å². The Kier molecular flexibility index (Phi) is 2.20. The fourth-order valence-electron chi connectivity index (χ4n) is 0.671. The van der Waals surface area contributed by atoms with E-state index < -0.39 is 0 Å². The van der Waals surface area contributed by atoms with Crippen LogP contribution in [0.15, 0.2) is 0 Å². The van der Waals surface area contributed by atoms with E-state index in [1.807, 2.05) is 11.8 Å². The van der Waals surface area contributed by atoms with Crippen LogP contribution in [0.25, 0.3) is 0 Å². The van der Waals surface area contributed by atoms with E-state index in [4.69, 9.17) is 4.74 Å². The van der Waals surface area contributed by atoms with E-state index in [0.29, 0.717) is 6.10 Å². The Labute approximate surface area is 54.8 Å². The second-order valence-electron chi connectivity index (χ2n) is 2.24. The van der Waals surface area contributed by atoms with Crippen molar-refractivity contribution in [3.8, 4) is 0 Å². The maximum Gasteiger partial charge on any atom is 0.0820 e.